The van der Waals surface area contributed by atoms with E-state index in [1.165, 1.54) is 5.56 Å². The van der Waals surface area contributed by atoms with E-state index in [1.54, 1.807) is 0 Å². The second-order valence-electron chi connectivity index (χ2n) is 4.73. The highest BCUT2D eigenvalue weighted by Gasteiger charge is 2.25. The fourth-order valence-corrected chi connectivity index (χ4v) is 2.49. The van der Waals surface area contributed by atoms with Crippen molar-refractivity contribution in [2.45, 2.75) is 31.7 Å². The molecule has 0 amide bonds. The molecule has 1 aliphatic heterocycles. The zero-order valence-corrected chi connectivity index (χ0v) is 9.93. The maximum atomic E-state index is 6.37. The van der Waals surface area contributed by atoms with Crippen molar-refractivity contribution < 1.29 is 4.74 Å². The van der Waals surface area contributed by atoms with Crippen molar-refractivity contribution in [3.63, 3.8) is 0 Å². The first-order valence-electron chi connectivity index (χ1n) is 6.17. The van der Waals surface area contributed by atoms with E-state index in [0.29, 0.717) is 11.8 Å². The predicted octanol–water partition coefficient (Wildman–Crippen LogP) is 2.54. The maximum Gasteiger partial charge on any atom is 0.0469 e. The van der Waals surface area contributed by atoms with Crippen LogP contribution in [-0.4, -0.2) is 19.3 Å². The smallest absolute Gasteiger partial charge is 0.0469 e. The minimum atomic E-state index is 0.256. The Morgan fingerprint density at radius 1 is 1.19 bits per heavy atom. The lowest BCUT2D eigenvalue weighted by Gasteiger charge is -2.31. The molecule has 2 unspecified atom stereocenters. The number of hydrogen-bond acceptors (Lipinski definition) is 2. The van der Waals surface area contributed by atoms with E-state index in [4.69, 9.17) is 10.5 Å². The lowest BCUT2D eigenvalue weighted by Crippen LogP contribution is -2.38. The number of benzene rings is 1. The van der Waals surface area contributed by atoms with Crippen molar-refractivity contribution in [1.82, 2.24) is 0 Å². The van der Waals surface area contributed by atoms with E-state index in [0.717, 1.165) is 26.1 Å². The molecule has 2 atom stereocenters. The van der Waals surface area contributed by atoms with E-state index >= 15 is 0 Å². The van der Waals surface area contributed by atoms with E-state index in [1.807, 2.05) is 0 Å². The quantitative estimate of drug-likeness (QED) is 0.848. The highest BCUT2D eigenvalue weighted by molar-refractivity contribution is 5.20. The Kier molecular flexibility index (Phi) is 3.97. The van der Waals surface area contributed by atoms with Crippen LogP contribution in [0.15, 0.2) is 30.3 Å². The molecule has 88 valence electrons. The molecule has 2 heteroatoms. The first-order valence-corrected chi connectivity index (χ1v) is 6.17. The van der Waals surface area contributed by atoms with Crippen LogP contribution in [0.4, 0.5) is 0 Å². The van der Waals surface area contributed by atoms with E-state index < -0.39 is 0 Å². The third kappa shape index (κ3) is 2.63. The zero-order valence-electron chi connectivity index (χ0n) is 9.93. The molecule has 0 aromatic heterocycles. The van der Waals surface area contributed by atoms with Crippen molar-refractivity contribution in [3.05, 3.63) is 35.9 Å². The van der Waals surface area contributed by atoms with Crippen LogP contribution in [0.5, 0.6) is 0 Å². The third-order valence-corrected chi connectivity index (χ3v) is 3.71. The molecule has 2 rings (SSSR count). The molecule has 1 aliphatic rings. The van der Waals surface area contributed by atoms with Crippen LogP contribution < -0.4 is 5.73 Å². The van der Waals surface area contributed by atoms with Crippen LogP contribution >= 0.6 is 0 Å². The molecule has 0 bridgehead atoms. The minimum absolute atomic E-state index is 0.256. The van der Waals surface area contributed by atoms with Gasteiger partial charge in [-0.15, -0.1) is 0 Å². The Hall–Kier alpha value is -0.860. The lowest BCUT2D eigenvalue weighted by molar-refractivity contribution is 0.0559. The molecule has 1 saturated heterocycles. The maximum absolute atomic E-state index is 6.37. The van der Waals surface area contributed by atoms with Crippen LogP contribution in [0.25, 0.3) is 0 Å². The summed E-state index contributed by atoms with van der Waals surface area (Å²) in [7, 11) is 0. The molecule has 1 aromatic carbocycles. The van der Waals surface area contributed by atoms with E-state index in [9.17, 15) is 0 Å². The van der Waals surface area contributed by atoms with Crippen LogP contribution in [0.3, 0.4) is 0 Å². The molecule has 16 heavy (non-hydrogen) atoms. The number of rotatable bonds is 3. The average Bonchev–Trinajstić information content (AvgIpc) is 2.39. The Morgan fingerprint density at radius 3 is 2.44 bits per heavy atom. The van der Waals surface area contributed by atoms with Crippen molar-refractivity contribution in [2.24, 2.45) is 11.7 Å². The minimum Gasteiger partial charge on any atom is -0.381 e. The molecule has 1 heterocycles. The van der Waals surface area contributed by atoms with Gasteiger partial charge in [0, 0.05) is 19.3 Å². The van der Waals surface area contributed by atoms with Gasteiger partial charge in [-0.25, -0.2) is 0 Å². The van der Waals surface area contributed by atoms with Gasteiger partial charge in [-0.1, -0.05) is 37.3 Å². The van der Waals surface area contributed by atoms with Gasteiger partial charge in [-0.3, -0.25) is 0 Å². The molecule has 1 fully saturated rings. The zero-order chi connectivity index (χ0) is 11.4. The van der Waals surface area contributed by atoms with Crippen LogP contribution in [0.1, 0.15) is 31.2 Å². The Balaban J connectivity index is 2.00. The first kappa shape index (κ1) is 11.6. The molecule has 2 N–H and O–H groups in total. The Bertz CT molecular complexity index is 306. The van der Waals surface area contributed by atoms with Gasteiger partial charge in [-0.2, -0.15) is 0 Å². The molecule has 0 saturated carbocycles. The molecule has 1 aromatic rings. The summed E-state index contributed by atoms with van der Waals surface area (Å²) in [6, 6.07) is 10.8. The molecule has 0 aliphatic carbocycles. The van der Waals surface area contributed by atoms with Gasteiger partial charge in [-0.05, 0) is 30.2 Å². The number of ether oxygens (including phenoxy) is 1. The predicted molar refractivity (Wildman–Crippen MR) is 66.4 cm³/mol. The summed E-state index contributed by atoms with van der Waals surface area (Å²) in [4.78, 5) is 0. The van der Waals surface area contributed by atoms with Crippen LogP contribution in [0.2, 0.25) is 0 Å². The summed E-state index contributed by atoms with van der Waals surface area (Å²) in [6.45, 7) is 3.98. The van der Waals surface area contributed by atoms with Crippen molar-refractivity contribution in [3.8, 4) is 0 Å². The van der Waals surface area contributed by atoms with Gasteiger partial charge in [0.05, 0.1) is 0 Å². The highest BCUT2D eigenvalue weighted by atomic mass is 16.5. The SMILES string of the molecule is CC(c1ccccc1)C(N)C1CCOCC1. The second kappa shape index (κ2) is 5.46. The summed E-state index contributed by atoms with van der Waals surface area (Å²) in [6.07, 6.45) is 2.22. The Morgan fingerprint density at radius 2 is 1.81 bits per heavy atom. The Labute approximate surface area is 97.8 Å². The van der Waals surface area contributed by atoms with E-state index in [-0.39, 0.29) is 6.04 Å². The second-order valence-corrected chi connectivity index (χ2v) is 4.73. The summed E-state index contributed by atoms with van der Waals surface area (Å²) in [5.74, 6) is 1.05. The van der Waals surface area contributed by atoms with Crippen molar-refractivity contribution in [1.29, 1.82) is 0 Å². The fourth-order valence-electron chi connectivity index (χ4n) is 2.49. The van der Waals surface area contributed by atoms with Gasteiger partial charge in [0.2, 0.25) is 0 Å². The molecule has 0 radical (unpaired) electrons. The van der Waals surface area contributed by atoms with Crippen LogP contribution in [-0.2, 0) is 4.74 Å². The standard InChI is InChI=1S/C14H21NO/c1-11(12-5-3-2-4-6-12)14(15)13-7-9-16-10-8-13/h2-6,11,13-14H,7-10,15H2,1H3. The summed E-state index contributed by atoms with van der Waals surface area (Å²) < 4.78 is 5.38. The molecular formula is C14H21NO. The highest BCUT2D eigenvalue weighted by Crippen LogP contribution is 2.27. The summed E-state index contributed by atoms with van der Waals surface area (Å²) in [5.41, 5.74) is 7.72. The third-order valence-electron chi connectivity index (χ3n) is 3.71. The van der Waals surface area contributed by atoms with Crippen molar-refractivity contribution in [2.75, 3.05) is 13.2 Å². The largest absolute Gasteiger partial charge is 0.381 e. The average molecular weight is 219 g/mol. The topological polar surface area (TPSA) is 35.2 Å². The van der Waals surface area contributed by atoms with Crippen molar-refractivity contribution >= 4 is 0 Å². The summed E-state index contributed by atoms with van der Waals surface area (Å²) in [5, 5.41) is 0. The summed E-state index contributed by atoms with van der Waals surface area (Å²) >= 11 is 0. The normalized spacial score (nSPS) is 21.6. The fraction of sp³-hybridized carbons (Fsp3) is 0.571. The van der Waals surface area contributed by atoms with Gasteiger partial charge in [0.1, 0.15) is 0 Å². The van der Waals surface area contributed by atoms with Crippen LogP contribution in [0, 0.1) is 5.92 Å². The number of nitrogens with two attached hydrogens (primary N) is 1. The first-order chi connectivity index (χ1) is 7.79. The molecule has 0 spiro atoms. The van der Waals surface area contributed by atoms with Gasteiger partial charge in [0.15, 0.2) is 0 Å². The monoisotopic (exact) mass is 219 g/mol. The lowest BCUT2D eigenvalue weighted by atomic mass is 9.82. The number of hydrogen-bond donors (Lipinski definition) is 1. The molecular weight excluding hydrogens is 198 g/mol. The molecule has 2 nitrogen and oxygen atoms in total. The van der Waals surface area contributed by atoms with Gasteiger partial charge < -0.3 is 10.5 Å². The van der Waals surface area contributed by atoms with Gasteiger partial charge in [0.25, 0.3) is 0 Å². The van der Waals surface area contributed by atoms with E-state index in [2.05, 4.69) is 37.3 Å². The van der Waals surface area contributed by atoms with Gasteiger partial charge >= 0.3 is 0 Å².